The summed E-state index contributed by atoms with van der Waals surface area (Å²) in [4.78, 5) is 40.8. The van der Waals surface area contributed by atoms with Crippen LogP contribution in [0.2, 0.25) is 0 Å². The average molecular weight is 466 g/mol. The van der Waals surface area contributed by atoms with E-state index in [2.05, 4.69) is 10.3 Å². The number of aromatic nitrogens is 2. The Morgan fingerprint density at radius 2 is 1.88 bits per heavy atom. The Kier molecular flexibility index (Phi) is 6.95. The lowest BCUT2D eigenvalue weighted by Gasteiger charge is -2.31. The van der Waals surface area contributed by atoms with Crippen LogP contribution in [0.25, 0.3) is 10.9 Å². The number of piperidine rings is 1. The van der Waals surface area contributed by atoms with Crippen LogP contribution < -0.4 is 15.8 Å². The van der Waals surface area contributed by atoms with Gasteiger partial charge in [0.25, 0.3) is 0 Å². The first-order chi connectivity index (χ1) is 16.4. The van der Waals surface area contributed by atoms with Crippen LogP contribution in [0.4, 0.5) is 15.4 Å². The fraction of sp³-hybridized carbons (Fsp3) is 0.333. The van der Waals surface area contributed by atoms with E-state index in [9.17, 15) is 19.5 Å². The number of nitrogens with two attached hydrogens (primary N) is 1. The van der Waals surface area contributed by atoms with Crippen molar-refractivity contribution in [3.8, 4) is 11.5 Å². The summed E-state index contributed by atoms with van der Waals surface area (Å²) in [5.74, 6) is 1.65. The second-order valence-electron chi connectivity index (χ2n) is 8.39. The molecule has 4 N–H and O–H groups in total. The molecule has 34 heavy (non-hydrogen) atoms. The highest BCUT2D eigenvalue weighted by Crippen LogP contribution is 2.28. The zero-order valence-electron chi connectivity index (χ0n) is 18.6. The van der Waals surface area contributed by atoms with Crippen molar-refractivity contribution in [1.29, 1.82) is 0 Å². The largest absolute Gasteiger partial charge is 0.464 e. The fourth-order valence-electron chi connectivity index (χ4n) is 4.21. The number of nitrogens with zero attached hydrogens (tertiary/aromatic N) is 3. The van der Waals surface area contributed by atoms with Crippen LogP contribution in [0.3, 0.4) is 0 Å². The standard InChI is InChI=1S/C24H27N5O5/c25-21(30)3-1-2-16-7-11-28(12-8-16)23(31)27-22-15-19(6-10-26-22)34-18-4-5-20-17(14-18)9-13-29(20)24(32)33/h4-6,9-10,13-16H,1-3,7-8,11-12H2,(H2,25,30)(H,32,33)(H,26,27,31). The Labute approximate surface area is 196 Å². The van der Waals surface area contributed by atoms with Crippen molar-refractivity contribution in [2.75, 3.05) is 18.4 Å². The van der Waals surface area contributed by atoms with E-state index in [4.69, 9.17) is 10.5 Å². The summed E-state index contributed by atoms with van der Waals surface area (Å²) < 4.78 is 7.04. The number of carbonyl (C=O) groups excluding carboxylic acids is 2. The van der Waals surface area contributed by atoms with Crippen LogP contribution in [-0.4, -0.2) is 50.7 Å². The van der Waals surface area contributed by atoms with Crippen molar-refractivity contribution in [3.63, 3.8) is 0 Å². The molecule has 0 saturated carbocycles. The summed E-state index contributed by atoms with van der Waals surface area (Å²) in [6.07, 6.45) is 5.94. The molecule has 0 atom stereocenters. The van der Waals surface area contributed by atoms with Crippen LogP contribution in [0.1, 0.15) is 32.1 Å². The molecule has 3 aromatic rings. The quantitative estimate of drug-likeness (QED) is 0.476. The molecule has 10 heteroatoms. The number of likely N-dealkylation sites (tertiary alicyclic amines) is 1. The first kappa shape index (κ1) is 23.1. The van der Waals surface area contributed by atoms with E-state index in [-0.39, 0.29) is 11.9 Å². The molecule has 1 aliphatic rings. The van der Waals surface area contributed by atoms with Crippen molar-refractivity contribution < 1.29 is 24.2 Å². The summed E-state index contributed by atoms with van der Waals surface area (Å²) in [6, 6.07) is 9.93. The van der Waals surface area contributed by atoms with Crippen molar-refractivity contribution in [2.24, 2.45) is 11.7 Å². The molecule has 10 nitrogen and oxygen atoms in total. The highest BCUT2D eigenvalue weighted by atomic mass is 16.5. The van der Waals surface area contributed by atoms with Gasteiger partial charge in [-0.3, -0.25) is 14.7 Å². The lowest BCUT2D eigenvalue weighted by molar-refractivity contribution is -0.118. The summed E-state index contributed by atoms with van der Waals surface area (Å²) in [6.45, 7) is 1.30. The van der Waals surface area contributed by atoms with Gasteiger partial charge in [-0.15, -0.1) is 0 Å². The predicted octanol–water partition coefficient (Wildman–Crippen LogP) is 4.25. The number of primary amides is 1. The average Bonchev–Trinajstić information content (AvgIpc) is 3.23. The number of pyridine rings is 1. The molecular formula is C24H27N5O5. The third-order valence-electron chi connectivity index (χ3n) is 6.01. The Hall–Kier alpha value is -4.08. The molecule has 0 radical (unpaired) electrons. The van der Waals surface area contributed by atoms with Crippen LogP contribution in [0, 0.1) is 5.92 Å². The summed E-state index contributed by atoms with van der Waals surface area (Å²) >= 11 is 0. The summed E-state index contributed by atoms with van der Waals surface area (Å²) in [5.41, 5.74) is 5.76. The number of carbonyl (C=O) groups is 3. The minimum Gasteiger partial charge on any atom is -0.464 e. The van der Waals surface area contributed by atoms with Gasteiger partial charge in [0.05, 0.1) is 5.52 Å². The van der Waals surface area contributed by atoms with Gasteiger partial charge in [0.2, 0.25) is 5.91 Å². The molecule has 3 heterocycles. The van der Waals surface area contributed by atoms with E-state index in [1.54, 1.807) is 47.5 Å². The van der Waals surface area contributed by atoms with Gasteiger partial charge in [-0.25, -0.2) is 14.6 Å². The Morgan fingerprint density at radius 3 is 2.62 bits per heavy atom. The molecule has 0 aliphatic carbocycles. The van der Waals surface area contributed by atoms with Gasteiger partial charge >= 0.3 is 12.1 Å². The third-order valence-corrected chi connectivity index (χ3v) is 6.01. The van der Waals surface area contributed by atoms with E-state index < -0.39 is 6.09 Å². The summed E-state index contributed by atoms with van der Waals surface area (Å²) in [5, 5.41) is 12.8. The number of benzene rings is 1. The minimum absolute atomic E-state index is 0.211. The van der Waals surface area contributed by atoms with E-state index in [0.29, 0.717) is 48.3 Å². The van der Waals surface area contributed by atoms with E-state index in [1.165, 1.54) is 6.20 Å². The number of hydrogen-bond acceptors (Lipinski definition) is 5. The normalized spacial score (nSPS) is 14.2. The SMILES string of the molecule is NC(=O)CCCC1CCN(C(=O)Nc2cc(Oc3ccc4c(ccn4C(=O)O)c3)ccn2)CC1. The molecule has 1 saturated heterocycles. The van der Waals surface area contributed by atoms with Crippen molar-refractivity contribution in [2.45, 2.75) is 32.1 Å². The molecule has 4 rings (SSSR count). The Morgan fingerprint density at radius 1 is 1.12 bits per heavy atom. The first-order valence-corrected chi connectivity index (χ1v) is 11.2. The molecule has 1 aromatic carbocycles. The number of anilines is 1. The molecule has 0 unspecified atom stereocenters. The Bertz CT molecular complexity index is 1200. The topological polar surface area (TPSA) is 140 Å². The van der Waals surface area contributed by atoms with Gasteiger partial charge in [-0.2, -0.15) is 0 Å². The number of urea groups is 1. The number of ether oxygens (including phenoxy) is 1. The zero-order chi connectivity index (χ0) is 24.1. The molecule has 0 bridgehead atoms. The maximum atomic E-state index is 12.7. The molecular weight excluding hydrogens is 438 g/mol. The highest BCUT2D eigenvalue weighted by molar-refractivity contribution is 5.90. The van der Waals surface area contributed by atoms with Crippen molar-refractivity contribution in [3.05, 3.63) is 48.8 Å². The van der Waals surface area contributed by atoms with Crippen molar-refractivity contribution in [1.82, 2.24) is 14.5 Å². The predicted molar refractivity (Wildman–Crippen MR) is 126 cm³/mol. The van der Waals surface area contributed by atoms with Crippen LogP contribution in [-0.2, 0) is 4.79 Å². The monoisotopic (exact) mass is 465 g/mol. The number of carboxylic acid groups (broad SMARTS) is 1. The number of hydrogen-bond donors (Lipinski definition) is 3. The number of rotatable bonds is 7. The smallest absolute Gasteiger partial charge is 0.415 e. The van der Waals surface area contributed by atoms with Gasteiger partial charge in [0.15, 0.2) is 0 Å². The summed E-state index contributed by atoms with van der Waals surface area (Å²) in [7, 11) is 0. The second-order valence-corrected chi connectivity index (χ2v) is 8.39. The van der Waals surface area contributed by atoms with Crippen LogP contribution >= 0.6 is 0 Å². The second kappa shape index (κ2) is 10.2. The zero-order valence-corrected chi connectivity index (χ0v) is 18.6. The molecule has 1 aliphatic heterocycles. The van der Waals surface area contributed by atoms with Gasteiger partial charge in [-0.05, 0) is 61.9 Å². The molecule has 2 aromatic heterocycles. The van der Waals surface area contributed by atoms with Crippen LogP contribution in [0.15, 0.2) is 48.8 Å². The van der Waals surface area contributed by atoms with Gasteiger partial charge in [0, 0.05) is 43.4 Å². The lowest BCUT2D eigenvalue weighted by atomic mass is 9.91. The fourth-order valence-corrected chi connectivity index (χ4v) is 4.21. The molecule has 0 spiro atoms. The number of fused-ring (bicyclic) bond motifs is 1. The number of amides is 3. The Balaban J connectivity index is 1.32. The minimum atomic E-state index is -1.05. The van der Waals surface area contributed by atoms with Gasteiger partial charge in [0.1, 0.15) is 17.3 Å². The first-order valence-electron chi connectivity index (χ1n) is 11.2. The number of nitrogens with one attached hydrogen (secondary N) is 1. The maximum absolute atomic E-state index is 12.7. The molecule has 1 fully saturated rings. The molecule has 178 valence electrons. The lowest BCUT2D eigenvalue weighted by Crippen LogP contribution is -2.41. The van der Waals surface area contributed by atoms with E-state index in [1.807, 2.05) is 0 Å². The van der Waals surface area contributed by atoms with Gasteiger partial charge < -0.3 is 20.5 Å². The van der Waals surface area contributed by atoms with Gasteiger partial charge in [-0.1, -0.05) is 0 Å². The maximum Gasteiger partial charge on any atom is 0.415 e. The molecule has 3 amide bonds. The van der Waals surface area contributed by atoms with E-state index in [0.717, 1.165) is 35.6 Å². The van der Waals surface area contributed by atoms with Crippen molar-refractivity contribution >= 4 is 34.8 Å². The third kappa shape index (κ3) is 5.64. The van der Waals surface area contributed by atoms with E-state index >= 15 is 0 Å². The highest BCUT2D eigenvalue weighted by Gasteiger charge is 2.23. The van der Waals surface area contributed by atoms with Crippen LogP contribution in [0.5, 0.6) is 11.5 Å².